The molecule has 0 N–H and O–H groups in total. The molecule has 7 heteroatoms. The van der Waals surface area contributed by atoms with Crippen LogP contribution in [0.5, 0.6) is 11.5 Å². The van der Waals surface area contributed by atoms with Crippen molar-refractivity contribution in [3.63, 3.8) is 0 Å². The van der Waals surface area contributed by atoms with Gasteiger partial charge in [0, 0.05) is 5.56 Å². The van der Waals surface area contributed by atoms with Gasteiger partial charge in [-0.1, -0.05) is 0 Å². The van der Waals surface area contributed by atoms with Gasteiger partial charge < -0.3 is 9.47 Å². The second kappa shape index (κ2) is 6.58. The maximum atomic E-state index is 11.0. The van der Waals surface area contributed by atoms with E-state index in [1.165, 1.54) is 19.2 Å². The molecule has 0 bridgehead atoms. The topological polar surface area (TPSA) is 61.6 Å². The first kappa shape index (κ1) is 14.6. The van der Waals surface area contributed by atoms with Crippen LogP contribution in [0.3, 0.4) is 0 Å². The first-order chi connectivity index (χ1) is 9.65. The molecule has 106 valence electrons. The van der Waals surface area contributed by atoms with Gasteiger partial charge in [0.15, 0.2) is 11.5 Å². The standard InChI is InChI=1S/C13H12ClNO4S/c1-18-12-4-10(6-14)11(15(16)17)5-13(12)19-7-9-2-3-20-8-9/h2-5,8H,6-7H2,1H3. The third-order valence-electron chi connectivity index (χ3n) is 2.68. The highest BCUT2D eigenvalue weighted by molar-refractivity contribution is 7.07. The minimum absolute atomic E-state index is 0.0392. The van der Waals surface area contributed by atoms with Crippen molar-refractivity contribution in [2.45, 2.75) is 12.5 Å². The minimum atomic E-state index is -0.478. The number of hydrogen-bond acceptors (Lipinski definition) is 5. The van der Waals surface area contributed by atoms with Crippen LogP contribution >= 0.6 is 22.9 Å². The Kier molecular flexibility index (Phi) is 4.81. The summed E-state index contributed by atoms with van der Waals surface area (Å²) in [7, 11) is 1.48. The van der Waals surface area contributed by atoms with E-state index in [0.29, 0.717) is 23.7 Å². The van der Waals surface area contributed by atoms with Gasteiger partial charge in [-0.25, -0.2) is 0 Å². The van der Waals surface area contributed by atoms with Crippen LogP contribution in [-0.4, -0.2) is 12.0 Å². The maximum absolute atomic E-state index is 11.0. The predicted molar refractivity (Wildman–Crippen MR) is 77.9 cm³/mol. The molecule has 1 aromatic carbocycles. The van der Waals surface area contributed by atoms with E-state index in [4.69, 9.17) is 21.1 Å². The van der Waals surface area contributed by atoms with Crippen LogP contribution in [-0.2, 0) is 12.5 Å². The van der Waals surface area contributed by atoms with Crippen molar-refractivity contribution in [3.05, 3.63) is 50.2 Å². The number of benzene rings is 1. The van der Waals surface area contributed by atoms with Crippen molar-refractivity contribution in [2.75, 3.05) is 7.11 Å². The fraction of sp³-hybridized carbons (Fsp3) is 0.231. The molecule has 1 aromatic heterocycles. The summed E-state index contributed by atoms with van der Waals surface area (Å²) < 4.78 is 10.8. The molecule has 0 saturated carbocycles. The molecule has 0 atom stereocenters. The zero-order chi connectivity index (χ0) is 14.5. The maximum Gasteiger partial charge on any atom is 0.277 e. The van der Waals surface area contributed by atoms with Gasteiger partial charge in [0.1, 0.15) is 6.61 Å². The van der Waals surface area contributed by atoms with Gasteiger partial charge in [0.2, 0.25) is 0 Å². The summed E-state index contributed by atoms with van der Waals surface area (Å²) in [6.45, 7) is 0.331. The molecule has 0 amide bonds. The van der Waals surface area contributed by atoms with Gasteiger partial charge in [0.05, 0.1) is 24.0 Å². The molecule has 2 rings (SSSR count). The molecular weight excluding hydrogens is 302 g/mol. The lowest BCUT2D eigenvalue weighted by molar-refractivity contribution is -0.385. The lowest BCUT2D eigenvalue weighted by Gasteiger charge is -2.11. The molecule has 1 heterocycles. The minimum Gasteiger partial charge on any atom is -0.493 e. The number of thiophene rings is 1. The van der Waals surface area contributed by atoms with Crippen LogP contribution in [0.2, 0.25) is 0 Å². The molecular formula is C13H12ClNO4S. The monoisotopic (exact) mass is 313 g/mol. The molecule has 0 saturated heterocycles. The number of halogens is 1. The van der Waals surface area contributed by atoms with E-state index in [1.807, 2.05) is 16.8 Å². The predicted octanol–water partition coefficient (Wildman–Crippen LogP) is 3.98. The Morgan fingerprint density at radius 1 is 1.40 bits per heavy atom. The van der Waals surface area contributed by atoms with E-state index < -0.39 is 4.92 Å². The van der Waals surface area contributed by atoms with E-state index in [0.717, 1.165) is 5.56 Å². The number of nitrogens with zero attached hydrogens (tertiary/aromatic N) is 1. The Labute approximate surface area is 124 Å². The summed E-state index contributed by atoms with van der Waals surface area (Å²) in [5, 5.41) is 14.9. The number of methoxy groups -OCH3 is 1. The second-order valence-electron chi connectivity index (χ2n) is 3.94. The molecule has 0 fully saturated rings. The molecule has 5 nitrogen and oxygen atoms in total. The van der Waals surface area contributed by atoms with Gasteiger partial charge >= 0.3 is 0 Å². The van der Waals surface area contributed by atoms with Crippen LogP contribution < -0.4 is 9.47 Å². The fourth-order valence-corrected chi connectivity index (χ4v) is 2.54. The second-order valence-corrected chi connectivity index (χ2v) is 4.99. The third-order valence-corrected chi connectivity index (χ3v) is 3.70. The summed E-state index contributed by atoms with van der Waals surface area (Å²) in [6, 6.07) is 4.82. The highest BCUT2D eigenvalue weighted by atomic mass is 35.5. The smallest absolute Gasteiger partial charge is 0.277 e. The van der Waals surface area contributed by atoms with Gasteiger partial charge in [-0.05, 0) is 28.5 Å². The lowest BCUT2D eigenvalue weighted by Crippen LogP contribution is -2.00. The fourth-order valence-electron chi connectivity index (χ4n) is 1.68. The van der Waals surface area contributed by atoms with Crippen molar-refractivity contribution in [2.24, 2.45) is 0 Å². The quantitative estimate of drug-likeness (QED) is 0.459. The summed E-state index contributed by atoms with van der Waals surface area (Å²) in [6.07, 6.45) is 0. The number of ether oxygens (including phenoxy) is 2. The summed E-state index contributed by atoms with van der Waals surface area (Å²) in [4.78, 5) is 10.5. The van der Waals surface area contributed by atoms with E-state index in [1.54, 1.807) is 11.3 Å². The lowest BCUT2D eigenvalue weighted by atomic mass is 10.2. The van der Waals surface area contributed by atoms with Gasteiger partial charge in [-0.15, -0.1) is 11.6 Å². The molecule has 0 aliphatic heterocycles. The molecule has 0 aliphatic rings. The van der Waals surface area contributed by atoms with Crippen molar-refractivity contribution < 1.29 is 14.4 Å². The third kappa shape index (κ3) is 3.20. The van der Waals surface area contributed by atoms with E-state index in [2.05, 4.69) is 0 Å². The van der Waals surface area contributed by atoms with Gasteiger partial charge in [0.25, 0.3) is 5.69 Å². The average Bonchev–Trinajstić information content (AvgIpc) is 2.97. The highest BCUT2D eigenvalue weighted by Gasteiger charge is 2.19. The number of nitro groups is 1. The highest BCUT2D eigenvalue weighted by Crippen LogP contribution is 2.35. The van der Waals surface area contributed by atoms with Crippen LogP contribution in [0.15, 0.2) is 29.0 Å². The van der Waals surface area contributed by atoms with E-state index in [9.17, 15) is 10.1 Å². The van der Waals surface area contributed by atoms with Gasteiger partial charge in [-0.2, -0.15) is 11.3 Å². The van der Waals surface area contributed by atoms with Crippen molar-refractivity contribution in [3.8, 4) is 11.5 Å². The Morgan fingerprint density at radius 2 is 2.20 bits per heavy atom. The zero-order valence-electron chi connectivity index (χ0n) is 10.7. The van der Waals surface area contributed by atoms with Crippen LogP contribution in [0.1, 0.15) is 11.1 Å². The van der Waals surface area contributed by atoms with Crippen molar-refractivity contribution in [1.29, 1.82) is 0 Å². The molecule has 20 heavy (non-hydrogen) atoms. The Morgan fingerprint density at radius 3 is 2.75 bits per heavy atom. The van der Waals surface area contributed by atoms with Crippen molar-refractivity contribution in [1.82, 2.24) is 0 Å². The SMILES string of the molecule is COc1cc(CCl)c([N+](=O)[O-])cc1OCc1ccsc1. The Balaban J connectivity index is 2.30. The molecule has 2 aromatic rings. The molecule has 0 aliphatic carbocycles. The summed E-state index contributed by atoms with van der Waals surface area (Å²) >= 11 is 7.28. The first-order valence-electron chi connectivity index (χ1n) is 5.71. The molecule has 0 radical (unpaired) electrons. The average molecular weight is 314 g/mol. The van der Waals surface area contributed by atoms with Crippen LogP contribution in [0.25, 0.3) is 0 Å². The molecule has 0 spiro atoms. The molecule has 0 unspecified atom stereocenters. The normalized spacial score (nSPS) is 10.3. The van der Waals surface area contributed by atoms with Crippen molar-refractivity contribution >= 4 is 28.6 Å². The Hall–Kier alpha value is -1.79. The van der Waals surface area contributed by atoms with Gasteiger partial charge in [-0.3, -0.25) is 10.1 Å². The first-order valence-corrected chi connectivity index (χ1v) is 7.18. The Bertz CT molecular complexity index is 601. The number of rotatable bonds is 6. The van der Waals surface area contributed by atoms with Crippen LogP contribution in [0, 0.1) is 10.1 Å². The van der Waals surface area contributed by atoms with Crippen LogP contribution in [0.4, 0.5) is 5.69 Å². The number of hydrogen-bond donors (Lipinski definition) is 0. The summed E-state index contributed by atoms with van der Waals surface area (Å²) in [5.74, 6) is 0.804. The zero-order valence-corrected chi connectivity index (χ0v) is 12.2. The number of alkyl halides is 1. The largest absolute Gasteiger partial charge is 0.493 e. The van der Waals surface area contributed by atoms with E-state index in [-0.39, 0.29) is 11.6 Å². The number of nitro benzene ring substituents is 1. The van der Waals surface area contributed by atoms with E-state index >= 15 is 0 Å². The summed E-state index contributed by atoms with van der Waals surface area (Å²) in [5.41, 5.74) is 1.33.